The second-order valence-corrected chi connectivity index (χ2v) is 5.98. The van der Waals surface area contributed by atoms with E-state index in [0.29, 0.717) is 24.8 Å². The van der Waals surface area contributed by atoms with E-state index in [1.165, 1.54) is 0 Å². The highest BCUT2D eigenvalue weighted by Gasteiger charge is 2.16. The van der Waals surface area contributed by atoms with Crippen LogP contribution in [0.2, 0.25) is 0 Å². The first-order valence-electron chi connectivity index (χ1n) is 7.37. The largest absolute Gasteiger partial charge is 0.506 e. The molecule has 6 nitrogen and oxygen atoms in total. The van der Waals surface area contributed by atoms with E-state index in [-0.39, 0.29) is 24.3 Å². The molecule has 0 amide bonds. The van der Waals surface area contributed by atoms with Crippen molar-refractivity contribution in [2.45, 2.75) is 26.2 Å². The van der Waals surface area contributed by atoms with Crippen LogP contribution in [0.4, 0.5) is 5.69 Å². The highest BCUT2D eigenvalue weighted by atomic mass is 16.5. The molecular weight excluding hydrogens is 282 g/mol. The lowest BCUT2D eigenvalue weighted by Gasteiger charge is -2.21. The zero-order chi connectivity index (χ0) is 16.6. The van der Waals surface area contributed by atoms with Gasteiger partial charge in [-0.25, -0.2) is 0 Å². The van der Waals surface area contributed by atoms with Crippen LogP contribution in [0.5, 0.6) is 5.75 Å². The average molecular weight is 309 g/mol. The Bertz CT molecular complexity index is 496. The van der Waals surface area contributed by atoms with Crippen LogP contribution in [0.15, 0.2) is 23.2 Å². The molecule has 1 rings (SSSR count). The molecule has 124 valence electrons. The minimum Gasteiger partial charge on any atom is -0.506 e. The Hall–Kier alpha value is -1.79. The van der Waals surface area contributed by atoms with Crippen LogP contribution < -0.4 is 10.6 Å². The first-order chi connectivity index (χ1) is 10.4. The van der Waals surface area contributed by atoms with Gasteiger partial charge < -0.3 is 25.6 Å². The Labute approximate surface area is 132 Å². The van der Waals surface area contributed by atoms with Gasteiger partial charge in [-0.3, -0.25) is 4.99 Å². The lowest BCUT2D eigenvalue weighted by Crippen LogP contribution is -2.33. The Kier molecular flexibility index (Phi) is 7.14. The molecule has 0 aliphatic heterocycles. The number of aromatic hydroxyl groups is 1. The summed E-state index contributed by atoms with van der Waals surface area (Å²) in [6.45, 7) is 7.69. The van der Waals surface area contributed by atoms with Gasteiger partial charge in [0.05, 0.1) is 25.4 Å². The van der Waals surface area contributed by atoms with E-state index in [4.69, 9.17) is 9.84 Å². The number of ether oxygens (including phenoxy) is 1. The summed E-state index contributed by atoms with van der Waals surface area (Å²) in [6.07, 6.45) is 0. The zero-order valence-corrected chi connectivity index (χ0v) is 13.8. The van der Waals surface area contributed by atoms with Gasteiger partial charge in [0.1, 0.15) is 5.75 Å². The van der Waals surface area contributed by atoms with Gasteiger partial charge in [-0.15, -0.1) is 0 Å². The quantitative estimate of drug-likeness (QED) is 0.278. The number of methoxy groups -OCH3 is 1. The number of hydrogen-bond acceptors (Lipinski definition) is 4. The summed E-state index contributed by atoms with van der Waals surface area (Å²) in [6, 6.07) is 5.48. The number of phenolic OH excluding ortho intramolecular Hbond substituents is 1. The van der Waals surface area contributed by atoms with E-state index < -0.39 is 0 Å². The molecule has 0 heterocycles. The number of rotatable bonds is 6. The second kappa shape index (κ2) is 8.60. The second-order valence-electron chi connectivity index (χ2n) is 5.98. The highest BCUT2D eigenvalue weighted by molar-refractivity contribution is 5.95. The maximum Gasteiger partial charge on any atom is 0.196 e. The fourth-order valence-corrected chi connectivity index (χ4v) is 1.80. The van der Waals surface area contributed by atoms with Crippen LogP contribution in [-0.4, -0.2) is 49.6 Å². The van der Waals surface area contributed by atoms with Crippen LogP contribution in [0, 0.1) is 0 Å². The minimum absolute atomic E-state index is 0.0178. The van der Waals surface area contributed by atoms with Gasteiger partial charge in [0.25, 0.3) is 0 Å². The molecule has 0 aliphatic carbocycles. The van der Waals surface area contributed by atoms with Crippen LogP contribution in [0.3, 0.4) is 0 Å². The molecule has 0 aliphatic rings. The fraction of sp³-hybridized carbons (Fsp3) is 0.562. The normalized spacial score (nSPS) is 12.3. The maximum absolute atomic E-state index is 10.0. The fourth-order valence-electron chi connectivity index (χ4n) is 1.80. The maximum atomic E-state index is 10.0. The highest BCUT2D eigenvalue weighted by Crippen LogP contribution is 2.30. The number of hydrogen-bond donors (Lipinski definition) is 4. The van der Waals surface area contributed by atoms with Crippen molar-refractivity contribution in [2.75, 3.05) is 38.7 Å². The van der Waals surface area contributed by atoms with Crippen molar-refractivity contribution < 1.29 is 14.9 Å². The van der Waals surface area contributed by atoms with Crippen molar-refractivity contribution in [3.8, 4) is 5.75 Å². The molecule has 22 heavy (non-hydrogen) atoms. The summed E-state index contributed by atoms with van der Waals surface area (Å²) >= 11 is 0. The molecule has 0 radical (unpaired) electrons. The number of nitrogens with one attached hydrogen (secondary N) is 2. The van der Waals surface area contributed by atoms with E-state index in [9.17, 15) is 5.11 Å². The number of anilines is 1. The van der Waals surface area contributed by atoms with Crippen molar-refractivity contribution in [3.63, 3.8) is 0 Å². The smallest absolute Gasteiger partial charge is 0.196 e. The first-order valence-corrected chi connectivity index (χ1v) is 7.37. The SMILES string of the molecule is COCCNC(=NCCO)Nc1cc(C(C)(C)C)ccc1O. The van der Waals surface area contributed by atoms with Crippen molar-refractivity contribution >= 4 is 11.6 Å². The third-order valence-electron chi connectivity index (χ3n) is 3.08. The standard InChI is InChI=1S/C16H27N3O3/c1-16(2,3)12-5-6-14(21)13(11-12)19-15(17-7-9-20)18-8-10-22-4/h5-6,11,20-21H,7-10H2,1-4H3,(H2,17,18,19). The Morgan fingerprint density at radius 1 is 1.32 bits per heavy atom. The molecule has 0 saturated heterocycles. The molecule has 4 N–H and O–H groups in total. The number of aliphatic hydroxyl groups excluding tert-OH is 1. The van der Waals surface area contributed by atoms with Gasteiger partial charge in [0.15, 0.2) is 5.96 Å². The zero-order valence-electron chi connectivity index (χ0n) is 13.8. The number of benzene rings is 1. The first kappa shape index (κ1) is 18.3. The van der Waals surface area contributed by atoms with E-state index >= 15 is 0 Å². The van der Waals surface area contributed by atoms with Crippen molar-refractivity contribution in [3.05, 3.63) is 23.8 Å². The molecule has 0 fully saturated rings. The molecule has 0 spiro atoms. The summed E-state index contributed by atoms with van der Waals surface area (Å²) < 4.78 is 4.99. The molecular formula is C16H27N3O3. The molecule has 0 aromatic heterocycles. The average Bonchev–Trinajstić information content (AvgIpc) is 2.45. The van der Waals surface area contributed by atoms with Crippen LogP contribution in [0.25, 0.3) is 0 Å². The summed E-state index contributed by atoms with van der Waals surface area (Å²) in [5.74, 6) is 0.644. The van der Waals surface area contributed by atoms with E-state index in [1.54, 1.807) is 13.2 Å². The topological polar surface area (TPSA) is 86.1 Å². The number of guanidine groups is 1. The third-order valence-corrected chi connectivity index (χ3v) is 3.08. The number of phenols is 1. The number of nitrogens with zero attached hydrogens (tertiary/aromatic N) is 1. The van der Waals surface area contributed by atoms with E-state index in [0.717, 1.165) is 5.56 Å². The Morgan fingerprint density at radius 3 is 2.64 bits per heavy atom. The summed E-state index contributed by atoms with van der Waals surface area (Å²) in [7, 11) is 1.62. The summed E-state index contributed by atoms with van der Waals surface area (Å²) in [4.78, 5) is 4.22. The van der Waals surface area contributed by atoms with Crippen LogP contribution in [-0.2, 0) is 10.2 Å². The Balaban J connectivity index is 2.91. The lowest BCUT2D eigenvalue weighted by atomic mass is 9.87. The van der Waals surface area contributed by atoms with Gasteiger partial charge in [-0.05, 0) is 23.1 Å². The van der Waals surface area contributed by atoms with Crippen LogP contribution >= 0.6 is 0 Å². The molecule has 0 unspecified atom stereocenters. The predicted molar refractivity (Wildman–Crippen MR) is 89.7 cm³/mol. The third kappa shape index (κ3) is 5.91. The molecule has 0 bridgehead atoms. The van der Waals surface area contributed by atoms with Crippen molar-refractivity contribution in [1.29, 1.82) is 0 Å². The van der Waals surface area contributed by atoms with Gasteiger partial charge >= 0.3 is 0 Å². The number of aliphatic hydroxyl groups is 1. The van der Waals surface area contributed by atoms with Gasteiger partial charge in [0.2, 0.25) is 0 Å². The molecule has 0 saturated carbocycles. The minimum atomic E-state index is -0.0366. The summed E-state index contributed by atoms with van der Waals surface area (Å²) in [5, 5.41) is 25.1. The predicted octanol–water partition coefficient (Wildman–Crippen LogP) is 1.69. The van der Waals surface area contributed by atoms with Crippen molar-refractivity contribution in [1.82, 2.24) is 5.32 Å². The molecule has 0 atom stereocenters. The van der Waals surface area contributed by atoms with Crippen LogP contribution in [0.1, 0.15) is 26.3 Å². The molecule has 1 aromatic carbocycles. The lowest BCUT2D eigenvalue weighted by molar-refractivity contribution is 0.204. The Morgan fingerprint density at radius 2 is 2.05 bits per heavy atom. The van der Waals surface area contributed by atoms with Gasteiger partial charge in [-0.1, -0.05) is 26.8 Å². The monoisotopic (exact) mass is 309 g/mol. The van der Waals surface area contributed by atoms with E-state index in [1.807, 2.05) is 12.1 Å². The van der Waals surface area contributed by atoms with Gasteiger partial charge in [-0.2, -0.15) is 0 Å². The van der Waals surface area contributed by atoms with Gasteiger partial charge in [0, 0.05) is 13.7 Å². The number of aliphatic imine (C=N–C) groups is 1. The molecule has 6 heteroatoms. The van der Waals surface area contributed by atoms with E-state index in [2.05, 4.69) is 36.4 Å². The summed E-state index contributed by atoms with van der Waals surface area (Å²) in [5.41, 5.74) is 1.66. The molecule has 1 aromatic rings. The van der Waals surface area contributed by atoms with Crippen molar-refractivity contribution in [2.24, 2.45) is 4.99 Å².